The van der Waals surface area contributed by atoms with Gasteiger partial charge in [0.15, 0.2) is 0 Å². The van der Waals surface area contributed by atoms with E-state index in [0.29, 0.717) is 0 Å². The standard InChI is InChI=1S/C15H13O/c1-10-7-8-15-13(11(10)2)9-12-5-3-4-6-14(12)16-15/h3-9H,1-2H3/q+1. The van der Waals surface area contributed by atoms with Crippen LogP contribution in [0.25, 0.3) is 21.9 Å². The first-order valence-corrected chi connectivity index (χ1v) is 5.47. The molecule has 1 aromatic heterocycles. The number of fused-ring (bicyclic) bond motifs is 2. The van der Waals surface area contributed by atoms with E-state index in [-0.39, 0.29) is 0 Å². The van der Waals surface area contributed by atoms with Crippen molar-refractivity contribution in [1.82, 2.24) is 0 Å². The van der Waals surface area contributed by atoms with Gasteiger partial charge in [-0.05, 0) is 43.2 Å². The lowest BCUT2D eigenvalue weighted by molar-refractivity contribution is 0.660. The molecular formula is C15H13O+. The highest BCUT2D eigenvalue weighted by molar-refractivity contribution is 5.92. The minimum absolute atomic E-state index is 0.943. The molecule has 16 heavy (non-hydrogen) atoms. The van der Waals surface area contributed by atoms with Gasteiger partial charge in [0, 0.05) is 12.1 Å². The quantitative estimate of drug-likeness (QED) is 0.392. The van der Waals surface area contributed by atoms with Crippen molar-refractivity contribution in [2.75, 3.05) is 0 Å². The monoisotopic (exact) mass is 209 g/mol. The first kappa shape index (κ1) is 9.34. The third kappa shape index (κ3) is 1.28. The lowest BCUT2D eigenvalue weighted by Gasteiger charge is -1.99. The average Bonchev–Trinajstić information content (AvgIpc) is 2.32. The van der Waals surface area contributed by atoms with Crippen molar-refractivity contribution in [3.63, 3.8) is 0 Å². The van der Waals surface area contributed by atoms with Crippen LogP contribution in [0.4, 0.5) is 0 Å². The zero-order valence-electron chi connectivity index (χ0n) is 9.45. The average molecular weight is 209 g/mol. The van der Waals surface area contributed by atoms with Crippen LogP contribution in [0.1, 0.15) is 11.1 Å². The fourth-order valence-corrected chi connectivity index (χ4v) is 2.05. The molecule has 0 spiro atoms. The fraction of sp³-hybridized carbons (Fsp3) is 0.133. The molecule has 0 unspecified atom stereocenters. The zero-order valence-corrected chi connectivity index (χ0v) is 9.45. The molecule has 3 rings (SSSR count). The van der Waals surface area contributed by atoms with Crippen molar-refractivity contribution in [2.45, 2.75) is 13.8 Å². The van der Waals surface area contributed by atoms with Gasteiger partial charge in [-0.2, -0.15) is 0 Å². The Bertz CT molecular complexity index is 683. The minimum atomic E-state index is 0.943. The molecular weight excluding hydrogens is 196 g/mol. The highest BCUT2D eigenvalue weighted by Gasteiger charge is 2.13. The summed E-state index contributed by atoms with van der Waals surface area (Å²) in [4.78, 5) is 0. The van der Waals surface area contributed by atoms with Crippen LogP contribution >= 0.6 is 0 Å². The van der Waals surface area contributed by atoms with Crippen molar-refractivity contribution in [2.24, 2.45) is 0 Å². The maximum absolute atomic E-state index is 5.88. The van der Waals surface area contributed by atoms with Crippen molar-refractivity contribution >= 4 is 21.9 Å². The van der Waals surface area contributed by atoms with Crippen molar-refractivity contribution in [3.8, 4) is 0 Å². The van der Waals surface area contributed by atoms with Gasteiger partial charge in [0.2, 0.25) is 0 Å². The van der Waals surface area contributed by atoms with Gasteiger partial charge in [-0.25, -0.2) is 4.42 Å². The van der Waals surface area contributed by atoms with Crippen LogP contribution in [0.15, 0.2) is 46.9 Å². The summed E-state index contributed by atoms with van der Waals surface area (Å²) in [6.45, 7) is 4.27. The van der Waals surface area contributed by atoms with Gasteiger partial charge in [-0.15, -0.1) is 0 Å². The smallest absolute Gasteiger partial charge is 0.207 e. The molecule has 0 fully saturated rings. The lowest BCUT2D eigenvalue weighted by Crippen LogP contribution is -1.84. The number of hydrogen-bond acceptors (Lipinski definition) is 0. The predicted molar refractivity (Wildman–Crippen MR) is 67.6 cm³/mol. The highest BCUT2D eigenvalue weighted by atomic mass is 16.3. The molecule has 0 saturated carbocycles. The SMILES string of the molecule is Cc1ccc2[o+]c3ccccc3cc2c1C. The molecule has 1 heterocycles. The first-order valence-electron chi connectivity index (χ1n) is 5.47. The Morgan fingerprint density at radius 1 is 0.875 bits per heavy atom. The Morgan fingerprint density at radius 3 is 2.56 bits per heavy atom. The van der Waals surface area contributed by atoms with Crippen LogP contribution < -0.4 is 0 Å². The van der Waals surface area contributed by atoms with E-state index in [0.717, 1.165) is 16.6 Å². The molecule has 0 amide bonds. The second-order valence-electron chi connectivity index (χ2n) is 4.20. The summed E-state index contributed by atoms with van der Waals surface area (Å²) < 4.78 is 5.88. The lowest BCUT2D eigenvalue weighted by atomic mass is 10.0. The van der Waals surface area contributed by atoms with Crippen LogP contribution in [0, 0.1) is 13.8 Å². The van der Waals surface area contributed by atoms with Gasteiger partial charge in [-0.1, -0.05) is 12.1 Å². The summed E-state index contributed by atoms with van der Waals surface area (Å²) in [5, 5.41) is 2.36. The van der Waals surface area contributed by atoms with E-state index >= 15 is 0 Å². The Balaban J connectivity index is 2.51. The third-order valence-corrected chi connectivity index (χ3v) is 3.18. The van der Waals surface area contributed by atoms with Crippen molar-refractivity contribution in [3.05, 3.63) is 53.6 Å². The molecule has 0 N–H and O–H groups in total. The largest absolute Gasteiger partial charge is 0.361 e. The molecule has 2 aromatic carbocycles. The Morgan fingerprint density at radius 2 is 1.69 bits per heavy atom. The minimum Gasteiger partial charge on any atom is -0.207 e. The molecule has 3 aromatic rings. The van der Waals surface area contributed by atoms with Crippen LogP contribution in [-0.2, 0) is 0 Å². The van der Waals surface area contributed by atoms with Gasteiger partial charge in [0.05, 0.1) is 10.8 Å². The van der Waals surface area contributed by atoms with Crippen LogP contribution in [-0.4, -0.2) is 0 Å². The molecule has 1 heteroatoms. The molecule has 0 bridgehead atoms. The van der Waals surface area contributed by atoms with E-state index in [1.165, 1.54) is 16.5 Å². The maximum Gasteiger partial charge on any atom is 0.361 e. The highest BCUT2D eigenvalue weighted by Crippen LogP contribution is 2.26. The van der Waals surface area contributed by atoms with Crippen molar-refractivity contribution < 1.29 is 4.42 Å². The van der Waals surface area contributed by atoms with Crippen LogP contribution in [0.2, 0.25) is 0 Å². The summed E-state index contributed by atoms with van der Waals surface area (Å²) in [7, 11) is 0. The fourth-order valence-electron chi connectivity index (χ4n) is 2.05. The molecule has 0 atom stereocenters. The number of hydrogen-bond donors (Lipinski definition) is 0. The molecule has 0 radical (unpaired) electrons. The van der Waals surface area contributed by atoms with Gasteiger partial charge in [0.25, 0.3) is 0 Å². The molecule has 78 valence electrons. The summed E-state index contributed by atoms with van der Waals surface area (Å²) in [6, 6.07) is 14.5. The topological polar surface area (TPSA) is 11.3 Å². The van der Waals surface area contributed by atoms with Crippen molar-refractivity contribution in [1.29, 1.82) is 0 Å². The van der Waals surface area contributed by atoms with E-state index in [9.17, 15) is 0 Å². The van der Waals surface area contributed by atoms with E-state index < -0.39 is 0 Å². The summed E-state index contributed by atoms with van der Waals surface area (Å²) in [5.41, 5.74) is 4.50. The van der Waals surface area contributed by atoms with E-state index in [1.807, 2.05) is 24.3 Å². The number of benzene rings is 2. The zero-order chi connectivity index (χ0) is 11.1. The molecule has 0 aliphatic rings. The predicted octanol–water partition coefficient (Wildman–Crippen LogP) is 4.48. The third-order valence-electron chi connectivity index (χ3n) is 3.18. The molecule has 0 aliphatic heterocycles. The Hall–Kier alpha value is -1.89. The van der Waals surface area contributed by atoms with Gasteiger partial charge >= 0.3 is 11.2 Å². The maximum atomic E-state index is 5.88. The summed E-state index contributed by atoms with van der Waals surface area (Å²) >= 11 is 0. The first-order chi connectivity index (χ1) is 7.75. The molecule has 0 saturated heterocycles. The number of aryl methyl sites for hydroxylation is 2. The van der Waals surface area contributed by atoms with Crippen LogP contribution in [0.5, 0.6) is 0 Å². The second-order valence-corrected chi connectivity index (χ2v) is 4.20. The Labute approximate surface area is 94.3 Å². The summed E-state index contributed by atoms with van der Waals surface area (Å²) in [5.74, 6) is 0. The Kier molecular flexibility index (Phi) is 1.93. The van der Waals surface area contributed by atoms with Gasteiger partial charge in [0.1, 0.15) is 0 Å². The van der Waals surface area contributed by atoms with Crippen LogP contribution in [0.3, 0.4) is 0 Å². The van der Waals surface area contributed by atoms with E-state index in [1.54, 1.807) is 0 Å². The molecule has 1 nitrogen and oxygen atoms in total. The van der Waals surface area contributed by atoms with Gasteiger partial charge < -0.3 is 0 Å². The molecule has 0 aliphatic carbocycles. The number of para-hydroxylation sites is 1. The van der Waals surface area contributed by atoms with E-state index in [2.05, 4.69) is 32.0 Å². The number of rotatable bonds is 0. The van der Waals surface area contributed by atoms with Gasteiger partial charge in [-0.3, -0.25) is 0 Å². The van der Waals surface area contributed by atoms with E-state index in [4.69, 9.17) is 4.42 Å². The normalized spacial score (nSPS) is 11.1. The summed E-state index contributed by atoms with van der Waals surface area (Å²) in [6.07, 6.45) is 0. The second kappa shape index (κ2) is 3.31.